The van der Waals surface area contributed by atoms with E-state index in [-0.39, 0.29) is 12.1 Å². The summed E-state index contributed by atoms with van der Waals surface area (Å²) in [5, 5.41) is 9.07. The number of rotatable bonds is 3. The second-order valence-corrected chi connectivity index (χ2v) is 3.12. The number of aromatic nitrogens is 1. The van der Waals surface area contributed by atoms with E-state index in [1.54, 1.807) is 0 Å². The van der Waals surface area contributed by atoms with Crippen molar-refractivity contribution in [1.82, 2.24) is 4.98 Å². The molecule has 1 heterocycles. The summed E-state index contributed by atoms with van der Waals surface area (Å²) in [4.78, 5) is 3.68. The van der Waals surface area contributed by atoms with E-state index in [1.165, 1.54) is 24.5 Å². The minimum atomic E-state index is -4.67. The van der Waals surface area contributed by atoms with Crippen LogP contribution in [0.5, 0.6) is 0 Å². The zero-order chi connectivity index (χ0) is 11.5. The van der Waals surface area contributed by atoms with Gasteiger partial charge in [0.25, 0.3) is 0 Å². The van der Waals surface area contributed by atoms with Crippen LogP contribution in [0.2, 0.25) is 0 Å². The monoisotopic (exact) mass is 220 g/mol. The Morgan fingerprint density at radius 2 is 2.13 bits per heavy atom. The summed E-state index contributed by atoms with van der Waals surface area (Å²) < 4.78 is 36.7. The summed E-state index contributed by atoms with van der Waals surface area (Å²) in [6.45, 7) is -0.285. The Bertz CT molecular complexity index is 302. The fourth-order valence-electron chi connectivity index (χ4n) is 1.27. The average molecular weight is 220 g/mol. The second-order valence-electron chi connectivity index (χ2n) is 3.12. The van der Waals surface area contributed by atoms with Crippen molar-refractivity contribution in [3.05, 3.63) is 30.1 Å². The molecule has 0 amide bonds. The van der Waals surface area contributed by atoms with E-state index in [9.17, 15) is 13.2 Å². The van der Waals surface area contributed by atoms with E-state index < -0.39 is 18.2 Å². The largest absolute Gasteiger partial charge is 0.414 e. The molecule has 0 aliphatic heterocycles. The van der Waals surface area contributed by atoms with Gasteiger partial charge >= 0.3 is 6.18 Å². The molecule has 1 aromatic heterocycles. The number of nitrogens with zero attached hydrogens (tertiary/aromatic N) is 1. The number of hydrogen-bond acceptors (Lipinski definition) is 3. The SMILES string of the molecule is NCC(c1cccnc1)C(O)C(F)(F)F. The van der Waals surface area contributed by atoms with Crippen molar-refractivity contribution >= 4 is 0 Å². The maximum atomic E-state index is 12.2. The maximum Gasteiger partial charge on any atom is 0.414 e. The first-order valence-electron chi connectivity index (χ1n) is 4.31. The molecule has 3 N–H and O–H groups in total. The number of aliphatic hydroxyl groups is 1. The third-order valence-electron chi connectivity index (χ3n) is 2.08. The molecule has 84 valence electrons. The van der Waals surface area contributed by atoms with Crippen molar-refractivity contribution in [2.24, 2.45) is 5.73 Å². The first-order valence-corrected chi connectivity index (χ1v) is 4.31. The Labute approximate surface area is 84.7 Å². The fourth-order valence-corrected chi connectivity index (χ4v) is 1.27. The Hall–Kier alpha value is -1.14. The molecule has 2 atom stereocenters. The smallest absolute Gasteiger partial charge is 0.383 e. The minimum absolute atomic E-state index is 0.282. The molecule has 0 radical (unpaired) electrons. The van der Waals surface area contributed by atoms with Crippen LogP contribution < -0.4 is 5.73 Å². The molecule has 0 aliphatic rings. The van der Waals surface area contributed by atoms with Gasteiger partial charge in [-0.15, -0.1) is 0 Å². The molecule has 1 aromatic rings. The Balaban J connectivity index is 2.90. The molecule has 1 rings (SSSR count). The van der Waals surface area contributed by atoms with Gasteiger partial charge in [-0.2, -0.15) is 13.2 Å². The molecule has 15 heavy (non-hydrogen) atoms. The van der Waals surface area contributed by atoms with Gasteiger partial charge in [-0.25, -0.2) is 0 Å². The van der Waals surface area contributed by atoms with Gasteiger partial charge in [-0.05, 0) is 11.6 Å². The molecule has 0 saturated carbocycles. The van der Waals surface area contributed by atoms with E-state index in [4.69, 9.17) is 10.8 Å². The second kappa shape index (κ2) is 4.59. The fraction of sp³-hybridized carbons (Fsp3) is 0.444. The average Bonchev–Trinajstić information content (AvgIpc) is 2.19. The van der Waals surface area contributed by atoms with Crippen LogP contribution in [-0.4, -0.2) is 28.9 Å². The van der Waals surface area contributed by atoms with Crippen LogP contribution in [0.3, 0.4) is 0 Å². The van der Waals surface area contributed by atoms with Gasteiger partial charge < -0.3 is 10.8 Å². The minimum Gasteiger partial charge on any atom is -0.383 e. The normalized spacial score (nSPS) is 16.1. The standard InChI is InChI=1S/C9H11F3N2O/c10-9(11,12)8(15)7(4-13)6-2-1-3-14-5-6/h1-3,5,7-8,15H,4,13H2. The molecule has 0 bridgehead atoms. The lowest BCUT2D eigenvalue weighted by Crippen LogP contribution is -2.38. The van der Waals surface area contributed by atoms with Gasteiger partial charge in [-0.3, -0.25) is 4.98 Å². The van der Waals surface area contributed by atoms with E-state index in [0.29, 0.717) is 0 Å². The lowest BCUT2D eigenvalue weighted by Gasteiger charge is -2.23. The van der Waals surface area contributed by atoms with Crippen molar-refractivity contribution < 1.29 is 18.3 Å². The number of hydrogen-bond donors (Lipinski definition) is 2. The van der Waals surface area contributed by atoms with E-state index in [1.807, 2.05) is 0 Å². The van der Waals surface area contributed by atoms with Gasteiger partial charge in [0.05, 0.1) is 0 Å². The lowest BCUT2D eigenvalue weighted by molar-refractivity contribution is -0.210. The first kappa shape index (κ1) is 11.9. The van der Waals surface area contributed by atoms with Crippen molar-refractivity contribution in [1.29, 1.82) is 0 Å². The highest BCUT2D eigenvalue weighted by Crippen LogP contribution is 2.30. The third-order valence-corrected chi connectivity index (χ3v) is 2.08. The van der Waals surface area contributed by atoms with Crippen LogP contribution in [0.1, 0.15) is 11.5 Å². The van der Waals surface area contributed by atoms with E-state index in [2.05, 4.69) is 4.98 Å². The van der Waals surface area contributed by atoms with Crippen LogP contribution >= 0.6 is 0 Å². The zero-order valence-electron chi connectivity index (χ0n) is 7.78. The summed E-state index contributed by atoms with van der Waals surface area (Å²) >= 11 is 0. The summed E-state index contributed by atoms with van der Waals surface area (Å²) in [6.07, 6.45) is -4.41. The van der Waals surface area contributed by atoms with Crippen LogP contribution in [0, 0.1) is 0 Å². The maximum absolute atomic E-state index is 12.2. The van der Waals surface area contributed by atoms with Crippen LogP contribution in [0.15, 0.2) is 24.5 Å². The van der Waals surface area contributed by atoms with Crippen molar-refractivity contribution in [3.8, 4) is 0 Å². The van der Waals surface area contributed by atoms with Crippen molar-refractivity contribution in [2.45, 2.75) is 18.2 Å². The molecular weight excluding hydrogens is 209 g/mol. The molecule has 0 fully saturated rings. The summed E-state index contributed by atoms with van der Waals surface area (Å²) in [7, 11) is 0. The van der Waals surface area contributed by atoms with Crippen molar-refractivity contribution in [2.75, 3.05) is 6.54 Å². The van der Waals surface area contributed by atoms with E-state index >= 15 is 0 Å². The highest BCUT2D eigenvalue weighted by atomic mass is 19.4. The molecule has 6 heteroatoms. The lowest BCUT2D eigenvalue weighted by atomic mass is 9.94. The van der Waals surface area contributed by atoms with Crippen LogP contribution in [0.4, 0.5) is 13.2 Å². The van der Waals surface area contributed by atoms with Gasteiger partial charge in [0.15, 0.2) is 6.10 Å². The molecule has 2 unspecified atom stereocenters. The molecule has 3 nitrogen and oxygen atoms in total. The zero-order valence-corrected chi connectivity index (χ0v) is 7.78. The first-order chi connectivity index (χ1) is 6.96. The Morgan fingerprint density at radius 1 is 1.47 bits per heavy atom. The van der Waals surface area contributed by atoms with Gasteiger partial charge in [0.1, 0.15) is 0 Å². The summed E-state index contributed by atoms with van der Waals surface area (Å²) in [5.41, 5.74) is 5.50. The molecule has 0 aromatic carbocycles. The highest BCUT2D eigenvalue weighted by molar-refractivity contribution is 5.17. The number of aliphatic hydroxyl groups excluding tert-OH is 1. The highest BCUT2D eigenvalue weighted by Gasteiger charge is 2.43. The molecular formula is C9H11F3N2O. The molecule has 0 saturated heterocycles. The molecule has 0 spiro atoms. The van der Waals surface area contributed by atoms with E-state index in [0.717, 1.165) is 0 Å². The van der Waals surface area contributed by atoms with Crippen LogP contribution in [0.25, 0.3) is 0 Å². The van der Waals surface area contributed by atoms with Crippen molar-refractivity contribution in [3.63, 3.8) is 0 Å². The molecule has 0 aliphatic carbocycles. The van der Waals surface area contributed by atoms with Gasteiger partial charge in [-0.1, -0.05) is 6.07 Å². The topological polar surface area (TPSA) is 59.1 Å². The van der Waals surface area contributed by atoms with Gasteiger partial charge in [0, 0.05) is 24.9 Å². The summed E-state index contributed by atoms with van der Waals surface area (Å²) in [5.74, 6) is -1.17. The quantitative estimate of drug-likeness (QED) is 0.800. The third kappa shape index (κ3) is 2.90. The number of alkyl halides is 3. The summed E-state index contributed by atoms with van der Waals surface area (Å²) in [6, 6.07) is 2.96. The van der Waals surface area contributed by atoms with Crippen LogP contribution in [-0.2, 0) is 0 Å². The Morgan fingerprint density at radius 3 is 2.53 bits per heavy atom. The number of nitrogens with two attached hydrogens (primary N) is 1. The number of halogens is 3. The van der Waals surface area contributed by atoms with Gasteiger partial charge in [0.2, 0.25) is 0 Å². The predicted octanol–water partition coefficient (Wildman–Crippen LogP) is 1.05. The Kier molecular flexibility index (Phi) is 3.65. The number of pyridine rings is 1. The predicted molar refractivity (Wildman–Crippen MR) is 48.1 cm³/mol.